The Kier molecular flexibility index (Phi) is 3.56. The predicted octanol–water partition coefficient (Wildman–Crippen LogP) is 3.80. The number of carbonyl (C=O) groups excluding carboxylic acids is 1. The second-order valence-electron chi connectivity index (χ2n) is 7.35. The smallest absolute Gasteiger partial charge is 0.288 e. The largest absolute Gasteiger partial charge is 0.349 e. The molecule has 4 bridgehead atoms. The summed E-state index contributed by atoms with van der Waals surface area (Å²) in [5.74, 6) is 2.64. The SMILES string of the molecule is O=C(NC1C2CC3CC(C2)CC1C3)c1ccc(Cl)c([N+](=O)[O-])c1. The molecular weight excluding hydrogens is 316 g/mol. The summed E-state index contributed by atoms with van der Waals surface area (Å²) in [4.78, 5) is 23.0. The van der Waals surface area contributed by atoms with Gasteiger partial charge in [-0.3, -0.25) is 14.9 Å². The highest BCUT2D eigenvalue weighted by molar-refractivity contribution is 6.32. The van der Waals surface area contributed by atoms with Crippen molar-refractivity contribution in [1.82, 2.24) is 5.32 Å². The Morgan fingerprint density at radius 1 is 1.13 bits per heavy atom. The summed E-state index contributed by atoms with van der Waals surface area (Å²) in [6.45, 7) is 0. The Bertz CT molecular complexity index is 648. The molecule has 0 aliphatic heterocycles. The highest BCUT2D eigenvalue weighted by Gasteiger charge is 2.48. The van der Waals surface area contributed by atoms with Crippen molar-refractivity contribution in [2.45, 2.75) is 38.1 Å². The standard InChI is InChI=1S/C17H19ClN2O3/c18-14-2-1-11(8-15(14)20(22)23)17(21)19-16-12-4-9-3-10(6-12)7-13(16)5-9/h1-2,8-10,12-13,16H,3-7H2,(H,19,21). The molecule has 6 heteroatoms. The number of nitro groups is 1. The van der Waals surface area contributed by atoms with E-state index in [1.165, 1.54) is 44.2 Å². The highest BCUT2D eigenvalue weighted by atomic mass is 35.5. The molecule has 4 fully saturated rings. The molecule has 0 spiro atoms. The minimum absolute atomic E-state index is 0.0566. The molecule has 0 aromatic heterocycles. The molecule has 0 heterocycles. The molecule has 1 aromatic carbocycles. The normalized spacial score (nSPS) is 34.4. The van der Waals surface area contributed by atoms with Crippen LogP contribution in [-0.4, -0.2) is 16.9 Å². The molecule has 122 valence electrons. The number of nitrogens with zero attached hydrogens (tertiary/aromatic N) is 1. The van der Waals surface area contributed by atoms with Crippen LogP contribution in [0.2, 0.25) is 5.02 Å². The first kappa shape index (κ1) is 14.9. The molecule has 5 nitrogen and oxygen atoms in total. The molecule has 1 aromatic rings. The summed E-state index contributed by atoms with van der Waals surface area (Å²) in [5, 5.41) is 14.2. The van der Waals surface area contributed by atoms with E-state index in [1.54, 1.807) is 6.07 Å². The second-order valence-corrected chi connectivity index (χ2v) is 7.76. The van der Waals surface area contributed by atoms with Crippen molar-refractivity contribution in [3.63, 3.8) is 0 Å². The van der Waals surface area contributed by atoms with E-state index in [0.717, 1.165) is 11.8 Å². The molecule has 5 rings (SSSR count). The molecule has 1 amide bonds. The first-order chi connectivity index (χ1) is 11.0. The third-order valence-electron chi connectivity index (χ3n) is 5.93. The second kappa shape index (κ2) is 5.48. The summed E-state index contributed by atoms with van der Waals surface area (Å²) < 4.78 is 0. The molecule has 1 N–H and O–H groups in total. The van der Waals surface area contributed by atoms with Gasteiger partial charge in [0, 0.05) is 17.7 Å². The zero-order valence-corrected chi connectivity index (χ0v) is 13.5. The van der Waals surface area contributed by atoms with Crippen molar-refractivity contribution in [2.75, 3.05) is 0 Å². The van der Waals surface area contributed by atoms with E-state index < -0.39 is 4.92 Å². The third-order valence-corrected chi connectivity index (χ3v) is 6.25. The number of nitrogens with one attached hydrogen (secondary N) is 1. The number of carbonyl (C=O) groups is 1. The van der Waals surface area contributed by atoms with Crippen molar-refractivity contribution >= 4 is 23.2 Å². The molecule has 4 saturated carbocycles. The lowest BCUT2D eigenvalue weighted by Gasteiger charge is -2.54. The average Bonchev–Trinajstić information content (AvgIpc) is 2.50. The van der Waals surface area contributed by atoms with Gasteiger partial charge in [-0.2, -0.15) is 0 Å². The van der Waals surface area contributed by atoms with Gasteiger partial charge in [0.1, 0.15) is 5.02 Å². The van der Waals surface area contributed by atoms with Gasteiger partial charge in [0.15, 0.2) is 0 Å². The topological polar surface area (TPSA) is 72.2 Å². The van der Waals surface area contributed by atoms with E-state index in [2.05, 4.69) is 5.32 Å². The van der Waals surface area contributed by atoms with Crippen molar-refractivity contribution in [3.8, 4) is 0 Å². The van der Waals surface area contributed by atoms with Gasteiger partial charge in [-0.1, -0.05) is 11.6 Å². The number of hydrogen-bond acceptors (Lipinski definition) is 3. The Morgan fingerprint density at radius 3 is 2.30 bits per heavy atom. The van der Waals surface area contributed by atoms with Crippen molar-refractivity contribution in [2.24, 2.45) is 23.7 Å². The van der Waals surface area contributed by atoms with Gasteiger partial charge in [0.05, 0.1) is 4.92 Å². The van der Waals surface area contributed by atoms with E-state index in [9.17, 15) is 14.9 Å². The van der Waals surface area contributed by atoms with E-state index in [1.807, 2.05) is 0 Å². The quantitative estimate of drug-likeness (QED) is 0.675. The monoisotopic (exact) mass is 334 g/mol. The van der Waals surface area contributed by atoms with Crippen LogP contribution in [0.25, 0.3) is 0 Å². The van der Waals surface area contributed by atoms with Gasteiger partial charge in [-0.05, 0) is 67.9 Å². The van der Waals surface area contributed by atoms with Crippen LogP contribution in [0.3, 0.4) is 0 Å². The Hall–Kier alpha value is -1.62. The number of nitro benzene ring substituents is 1. The number of hydrogen-bond donors (Lipinski definition) is 1. The average molecular weight is 335 g/mol. The van der Waals surface area contributed by atoms with Crippen LogP contribution in [0.4, 0.5) is 5.69 Å². The van der Waals surface area contributed by atoms with Crippen LogP contribution in [0, 0.1) is 33.8 Å². The number of amides is 1. The van der Waals surface area contributed by atoms with Crippen LogP contribution >= 0.6 is 11.6 Å². The van der Waals surface area contributed by atoms with Gasteiger partial charge >= 0.3 is 0 Å². The number of benzene rings is 1. The zero-order chi connectivity index (χ0) is 16.1. The van der Waals surface area contributed by atoms with E-state index in [4.69, 9.17) is 11.6 Å². The number of halogens is 1. The summed E-state index contributed by atoms with van der Waals surface area (Å²) in [5.41, 5.74) is 0.0966. The van der Waals surface area contributed by atoms with E-state index in [-0.39, 0.29) is 22.7 Å². The summed E-state index contributed by atoms with van der Waals surface area (Å²) in [7, 11) is 0. The zero-order valence-electron chi connectivity index (χ0n) is 12.7. The van der Waals surface area contributed by atoms with Crippen LogP contribution in [0.5, 0.6) is 0 Å². The summed E-state index contributed by atoms with van der Waals surface area (Å²) in [6, 6.07) is 4.48. The molecule has 4 aliphatic carbocycles. The van der Waals surface area contributed by atoms with Crippen LogP contribution < -0.4 is 5.32 Å². The van der Waals surface area contributed by atoms with Crippen LogP contribution in [0.1, 0.15) is 42.5 Å². The first-order valence-electron chi connectivity index (χ1n) is 8.26. The number of rotatable bonds is 3. The van der Waals surface area contributed by atoms with E-state index >= 15 is 0 Å². The molecule has 23 heavy (non-hydrogen) atoms. The highest BCUT2D eigenvalue weighted by Crippen LogP contribution is 2.53. The molecule has 0 radical (unpaired) electrons. The maximum Gasteiger partial charge on any atom is 0.288 e. The Labute approximate surface area is 139 Å². The molecular formula is C17H19ClN2O3. The van der Waals surface area contributed by atoms with Gasteiger partial charge < -0.3 is 5.32 Å². The molecule has 4 aliphatic rings. The third kappa shape index (κ3) is 2.61. The minimum Gasteiger partial charge on any atom is -0.349 e. The van der Waals surface area contributed by atoms with Gasteiger partial charge in [0.25, 0.3) is 11.6 Å². The van der Waals surface area contributed by atoms with Crippen LogP contribution in [0.15, 0.2) is 18.2 Å². The van der Waals surface area contributed by atoms with Crippen LogP contribution in [-0.2, 0) is 0 Å². The lowest BCUT2D eigenvalue weighted by atomic mass is 9.54. The van der Waals surface area contributed by atoms with Gasteiger partial charge in [-0.15, -0.1) is 0 Å². The maximum atomic E-state index is 12.5. The van der Waals surface area contributed by atoms with Crippen molar-refractivity contribution < 1.29 is 9.72 Å². The lowest BCUT2D eigenvalue weighted by Crippen LogP contribution is -2.55. The molecule has 0 unspecified atom stereocenters. The first-order valence-corrected chi connectivity index (χ1v) is 8.64. The molecule has 0 saturated heterocycles. The fraction of sp³-hybridized carbons (Fsp3) is 0.588. The Morgan fingerprint density at radius 2 is 1.74 bits per heavy atom. The minimum atomic E-state index is -0.554. The summed E-state index contributed by atoms with van der Waals surface area (Å²) in [6.07, 6.45) is 6.26. The van der Waals surface area contributed by atoms with Gasteiger partial charge in [0.2, 0.25) is 0 Å². The van der Waals surface area contributed by atoms with E-state index in [0.29, 0.717) is 17.4 Å². The lowest BCUT2D eigenvalue weighted by molar-refractivity contribution is -0.384. The summed E-state index contributed by atoms with van der Waals surface area (Å²) >= 11 is 5.81. The van der Waals surface area contributed by atoms with Crippen molar-refractivity contribution in [3.05, 3.63) is 38.9 Å². The fourth-order valence-electron chi connectivity index (χ4n) is 5.19. The fourth-order valence-corrected chi connectivity index (χ4v) is 5.38. The molecule has 0 atom stereocenters. The van der Waals surface area contributed by atoms with Crippen molar-refractivity contribution in [1.29, 1.82) is 0 Å². The van der Waals surface area contributed by atoms with Gasteiger partial charge in [-0.25, -0.2) is 0 Å². The Balaban J connectivity index is 1.52. The maximum absolute atomic E-state index is 12.5. The predicted molar refractivity (Wildman–Crippen MR) is 86.4 cm³/mol.